The zero-order valence-electron chi connectivity index (χ0n) is 16.4. The van der Waals surface area contributed by atoms with Crippen LogP contribution in [0.3, 0.4) is 0 Å². The Labute approximate surface area is 170 Å². The maximum atomic E-state index is 12.9. The van der Waals surface area contributed by atoms with E-state index >= 15 is 0 Å². The number of hydrogen-bond donors (Lipinski definition) is 0. The number of esters is 1. The van der Waals surface area contributed by atoms with Crippen LogP contribution in [0, 0.1) is 0 Å². The number of carbonyl (C=O) groups excluding carboxylic acids is 2. The van der Waals surface area contributed by atoms with Crippen LogP contribution in [0.25, 0.3) is 0 Å². The lowest BCUT2D eigenvalue weighted by atomic mass is 10.0. The third kappa shape index (κ3) is 4.37. The van der Waals surface area contributed by atoms with Crippen molar-refractivity contribution in [3.63, 3.8) is 0 Å². The van der Waals surface area contributed by atoms with Crippen molar-refractivity contribution in [3.05, 3.63) is 70.2 Å². The Hall–Kier alpha value is -2.37. The monoisotopic (exact) mass is 400 g/mol. The van der Waals surface area contributed by atoms with Gasteiger partial charge >= 0.3 is 5.97 Å². The van der Waals surface area contributed by atoms with Gasteiger partial charge in [0.05, 0.1) is 23.3 Å². The van der Waals surface area contributed by atoms with Gasteiger partial charge in [-0.1, -0.05) is 35.9 Å². The molecule has 1 heterocycles. The van der Waals surface area contributed by atoms with Crippen LogP contribution in [0.2, 0.25) is 5.02 Å². The van der Waals surface area contributed by atoms with Crippen LogP contribution in [-0.2, 0) is 11.3 Å². The second-order valence-electron chi connectivity index (χ2n) is 7.25. The molecule has 2 atom stereocenters. The van der Waals surface area contributed by atoms with Gasteiger partial charge in [0.1, 0.15) is 0 Å². The van der Waals surface area contributed by atoms with Crippen molar-refractivity contribution in [1.29, 1.82) is 0 Å². The summed E-state index contributed by atoms with van der Waals surface area (Å²) < 4.78 is 4.74. The standard InChI is InChI=1S/C22H25ClN2O3/c1-15-12-24(21(26)19-6-4-5-7-20(19)23)13-16(2)25(15)14-17-8-10-18(11-9-17)22(27)28-3/h4-11,15-16H,12-14H2,1-3H3. The minimum atomic E-state index is -0.333. The van der Waals surface area contributed by atoms with Crippen molar-refractivity contribution in [2.24, 2.45) is 0 Å². The first-order valence-corrected chi connectivity index (χ1v) is 9.75. The summed E-state index contributed by atoms with van der Waals surface area (Å²) in [6.45, 7) is 6.32. The number of methoxy groups -OCH3 is 1. The molecule has 1 amide bonds. The topological polar surface area (TPSA) is 49.9 Å². The van der Waals surface area contributed by atoms with Gasteiger partial charge < -0.3 is 9.64 Å². The summed E-state index contributed by atoms with van der Waals surface area (Å²) in [5.74, 6) is -0.355. The van der Waals surface area contributed by atoms with Crippen LogP contribution in [-0.4, -0.2) is 54.0 Å². The lowest BCUT2D eigenvalue weighted by Crippen LogP contribution is -2.57. The second kappa shape index (κ2) is 8.76. The summed E-state index contributed by atoms with van der Waals surface area (Å²) in [6.07, 6.45) is 0. The highest BCUT2D eigenvalue weighted by atomic mass is 35.5. The van der Waals surface area contributed by atoms with Gasteiger partial charge in [-0.05, 0) is 43.7 Å². The summed E-state index contributed by atoms with van der Waals surface area (Å²) in [4.78, 5) is 28.7. The fourth-order valence-corrected chi connectivity index (χ4v) is 3.93. The second-order valence-corrected chi connectivity index (χ2v) is 7.66. The van der Waals surface area contributed by atoms with Gasteiger partial charge in [-0.15, -0.1) is 0 Å². The first-order chi connectivity index (χ1) is 13.4. The molecule has 0 N–H and O–H groups in total. The summed E-state index contributed by atoms with van der Waals surface area (Å²) in [7, 11) is 1.38. The zero-order valence-corrected chi connectivity index (χ0v) is 17.1. The van der Waals surface area contributed by atoms with Crippen molar-refractivity contribution < 1.29 is 14.3 Å². The molecule has 2 aromatic rings. The summed E-state index contributed by atoms with van der Waals surface area (Å²) in [6, 6.07) is 15.1. The molecule has 1 aliphatic rings. The molecular weight excluding hydrogens is 376 g/mol. The Morgan fingerprint density at radius 2 is 1.64 bits per heavy atom. The van der Waals surface area contributed by atoms with E-state index in [9.17, 15) is 9.59 Å². The Balaban J connectivity index is 1.67. The summed E-state index contributed by atoms with van der Waals surface area (Å²) >= 11 is 6.20. The van der Waals surface area contributed by atoms with E-state index in [1.54, 1.807) is 24.3 Å². The lowest BCUT2D eigenvalue weighted by Gasteiger charge is -2.44. The molecule has 6 heteroatoms. The summed E-state index contributed by atoms with van der Waals surface area (Å²) in [5, 5.41) is 0.487. The smallest absolute Gasteiger partial charge is 0.337 e. The predicted octanol–water partition coefficient (Wildman–Crippen LogP) is 3.86. The SMILES string of the molecule is COC(=O)c1ccc(CN2C(C)CN(C(=O)c3ccccc3Cl)CC2C)cc1. The molecule has 2 unspecified atom stereocenters. The summed E-state index contributed by atoms with van der Waals surface area (Å²) in [5.41, 5.74) is 2.22. The van der Waals surface area contributed by atoms with E-state index in [1.165, 1.54) is 7.11 Å². The average Bonchev–Trinajstić information content (AvgIpc) is 2.70. The van der Waals surface area contributed by atoms with E-state index in [-0.39, 0.29) is 24.0 Å². The van der Waals surface area contributed by atoms with Gasteiger partial charge in [0, 0.05) is 31.7 Å². The van der Waals surface area contributed by atoms with Gasteiger partial charge in [-0.2, -0.15) is 0 Å². The molecule has 2 aromatic carbocycles. The van der Waals surface area contributed by atoms with Crippen LogP contribution in [0.5, 0.6) is 0 Å². The molecule has 148 valence electrons. The predicted molar refractivity (Wildman–Crippen MR) is 110 cm³/mol. The van der Waals surface area contributed by atoms with Gasteiger partial charge in [0.15, 0.2) is 0 Å². The molecule has 28 heavy (non-hydrogen) atoms. The van der Waals surface area contributed by atoms with E-state index in [0.29, 0.717) is 29.2 Å². The van der Waals surface area contributed by atoms with E-state index in [4.69, 9.17) is 16.3 Å². The molecule has 5 nitrogen and oxygen atoms in total. The number of amides is 1. The Bertz CT molecular complexity index is 841. The molecule has 1 saturated heterocycles. The molecule has 0 aromatic heterocycles. The fourth-order valence-electron chi connectivity index (χ4n) is 3.71. The van der Waals surface area contributed by atoms with Crippen molar-refractivity contribution in [3.8, 4) is 0 Å². The van der Waals surface area contributed by atoms with E-state index in [1.807, 2.05) is 29.2 Å². The maximum absolute atomic E-state index is 12.9. The molecule has 1 fully saturated rings. The number of nitrogens with zero attached hydrogens (tertiary/aromatic N) is 2. The maximum Gasteiger partial charge on any atom is 0.337 e. The van der Waals surface area contributed by atoms with Gasteiger partial charge in [-0.25, -0.2) is 4.79 Å². The van der Waals surface area contributed by atoms with Crippen molar-refractivity contribution >= 4 is 23.5 Å². The Kier molecular flexibility index (Phi) is 6.37. The molecule has 1 aliphatic heterocycles. The average molecular weight is 401 g/mol. The molecule has 0 spiro atoms. The molecule has 0 aliphatic carbocycles. The number of benzene rings is 2. The normalized spacial score (nSPS) is 20.1. The highest BCUT2D eigenvalue weighted by Gasteiger charge is 2.32. The van der Waals surface area contributed by atoms with Crippen molar-refractivity contribution in [1.82, 2.24) is 9.80 Å². The van der Waals surface area contributed by atoms with Gasteiger partial charge in [-0.3, -0.25) is 9.69 Å². The van der Waals surface area contributed by atoms with E-state index in [2.05, 4.69) is 18.7 Å². The van der Waals surface area contributed by atoms with Crippen LogP contribution in [0.15, 0.2) is 48.5 Å². The minimum absolute atomic E-state index is 0.0219. The highest BCUT2D eigenvalue weighted by molar-refractivity contribution is 6.33. The number of hydrogen-bond acceptors (Lipinski definition) is 4. The molecule has 0 bridgehead atoms. The highest BCUT2D eigenvalue weighted by Crippen LogP contribution is 2.23. The lowest BCUT2D eigenvalue weighted by molar-refractivity contribution is 0.0270. The largest absolute Gasteiger partial charge is 0.465 e. The molecular formula is C22H25ClN2O3. The first kappa shape index (κ1) is 20.4. The van der Waals surface area contributed by atoms with Crippen LogP contribution in [0.4, 0.5) is 0 Å². The van der Waals surface area contributed by atoms with Gasteiger partial charge in [0.2, 0.25) is 0 Å². The van der Waals surface area contributed by atoms with Crippen molar-refractivity contribution in [2.45, 2.75) is 32.5 Å². The van der Waals surface area contributed by atoms with E-state index in [0.717, 1.165) is 12.1 Å². The number of rotatable bonds is 4. The van der Waals surface area contributed by atoms with Crippen LogP contribution in [0.1, 0.15) is 40.1 Å². The van der Waals surface area contributed by atoms with Gasteiger partial charge in [0.25, 0.3) is 5.91 Å². The fraction of sp³-hybridized carbons (Fsp3) is 0.364. The molecule has 3 rings (SSSR count). The van der Waals surface area contributed by atoms with Crippen LogP contribution >= 0.6 is 11.6 Å². The number of carbonyl (C=O) groups is 2. The Morgan fingerprint density at radius 3 is 2.21 bits per heavy atom. The number of halogens is 1. The Morgan fingerprint density at radius 1 is 1.04 bits per heavy atom. The van der Waals surface area contributed by atoms with Crippen molar-refractivity contribution in [2.75, 3.05) is 20.2 Å². The number of ether oxygens (including phenoxy) is 1. The van der Waals surface area contributed by atoms with E-state index < -0.39 is 0 Å². The minimum Gasteiger partial charge on any atom is -0.465 e. The molecule has 0 radical (unpaired) electrons. The number of piperazine rings is 1. The van der Waals surface area contributed by atoms with Crippen LogP contribution < -0.4 is 0 Å². The first-order valence-electron chi connectivity index (χ1n) is 9.37. The zero-order chi connectivity index (χ0) is 20.3. The third-order valence-corrected chi connectivity index (χ3v) is 5.56. The quantitative estimate of drug-likeness (QED) is 0.731. The third-order valence-electron chi connectivity index (χ3n) is 5.23. The molecule has 0 saturated carbocycles.